The fraction of sp³-hybridized carbons (Fsp3) is 0.500. The normalized spacial score (nSPS) is 13.8. The van der Waals surface area contributed by atoms with Crippen LogP contribution in [0.25, 0.3) is 0 Å². The number of methoxy groups -OCH3 is 1. The average Bonchev–Trinajstić information content (AvgIpc) is 3.27. The molecular formula is C14H19N3O4. The summed E-state index contributed by atoms with van der Waals surface area (Å²) < 4.78 is 5.18. The van der Waals surface area contributed by atoms with Crippen molar-refractivity contribution in [3.8, 4) is 5.75 Å². The molecule has 21 heavy (non-hydrogen) atoms. The molecule has 1 aliphatic rings. The van der Waals surface area contributed by atoms with Crippen molar-refractivity contribution in [1.82, 2.24) is 10.6 Å². The molecule has 0 atom stereocenters. The van der Waals surface area contributed by atoms with Crippen molar-refractivity contribution < 1.29 is 14.5 Å². The minimum atomic E-state index is -0.438. The first-order valence-electron chi connectivity index (χ1n) is 6.91. The highest BCUT2D eigenvalue weighted by molar-refractivity contribution is 5.76. The molecule has 0 radical (unpaired) electrons. The van der Waals surface area contributed by atoms with E-state index in [-0.39, 0.29) is 11.6 Å². The summed E-state index contributed by atoms with van der Waals surface area (Å²) in [6.07, 6.45) is 2.54. The number of hydrogen-bond donors (Lipinski definition) is 2. The third-order valence-corrected chi connectivity index (χ3v) is 3.26. The van der Waals surface area contributed by atoms with Gasteiger partial charge in [0.25, 0.3) is 5.69 Å². The van der Waals surface area contributed by atoms with Gasteiger partial charge < -0.3 is 15.4 Å². The molecule has 0 unspecified atom stereocenters. The van der Waals surface area contributed by atoms with Crippen LogP contribution in [-0.2, 0) is 11.3 Å². The molecule has 1 fully saturated rings. The minimum Gasteiger partial charge on any atom is -0.496 e. The van der Waals surface area contributed by atoms with Gasteiger partial charge in [0.2, 0.25) is 5.91 Å². The van der Waals surface area contributed by atoms with Crippen LogP contribution in [-0.4, -0.2) is 30.5 Å². The van der Waals surface area contributed by atoms with E-state index in [1.165, 1.54) is 19.2 Å². The quantitative estimate of drug-likeness (QED) is 0.429. The van der Waals surface area contributed by atoms with Crippen LogP contribution in [0.3, 0.4) is 0 Å². The van der Waals surface area contributed by atoms with Gasteiger partial charge in [0, 0.05) is 43.2 Å². The number of hydrogen-bond acceptors (Lipinski definition) is 5. The van der Waals surface area contributed by atoms with Gasteiger partial charge in [-0.05, 0) is 18.9 Å². The van der Waals surface area contributed by atoms with Gasteiger partial charge in [-0.1, -0.05) is 0 Å². The topological polar surface area (TPSA) is 93.5 Å². The third-order valence-electron chi connectivity index (χ3n) is 3.26. The monoisotopic (exact) mass is 293 g/mol. The van der Waals surface area contributed by atoms with E-state index < -0.39 is 4.92 Å². The van der Waals surface area contributed by atoms with Gasteiger partial charge >= 0.3 is 0 Å². The number of rotatable bonds is 8. The fourth-order valence-electron chi connectivity index (χ4n) is 1.97. The Morgan fingerprint density at radius 2 is 2.24 bits per heavy atom. The van der Waals surface area contributed by atoms with Gasteiger partial charge in [-0.2, -0.15) is 0 Å². The second kappa shape index (κ2) is 7.03. The molecule has 7 heteroatoms. The lowest BCUT2D eigenvalue weighted by Gasteiger charge is -2.09. The van der Waals surface area contributed by atoms with Crippen LogP contribution in [0.15, 0.2) is 18.2 Å². The van der Waals surface area contributed by atoms with Crippen LogP contribution in [0.2, 0.25) is 0 Å². The van der Waals surface area contributed by atoms with E-state index in [0.29, 0.717) is 36.9 Å². The van der Waals surface area contributed by atoms with Gasteiger partial charge in [-0.3, -0.25) is 14.9 Å². The van der Waals surface area contributed by atoms with Crippen LogP contribution in [0, 0.1) is 10.1 Å². The SMILES string of the molecule is COc1ccc([N+](=O)[O-])cc1CNCCC(=O)NC1CC1. The molecule has 0 spiro atoms. The number of amides is 1. The van der Waals surface area contributed by atoms with E-state index >= 15 is 0 Å². The summed E-state index contributed by atoms with van der Waals surface area (Å²) in [7, 11) is 1.52. The number of ether oxygens (including phenoxy) is 1. The molecule has 1 aromatic carbocycles. The summed E-state index contributed by atoms with van der Waals surface area (Å²) >= 11 is 0. The Bertz CT molecular complexity index is 529. The van der Waals surface area contributed by atoms with Crippen molar-refractivity contribution in [3.05, 3.63) is 33.9 Å². The highest BCUT2D eigenvalue weighted by Crippen LogP contribution is 2.23. The summed E-state index contributed by atoms with van der Waals surface area (Å²) in [6.45, 7) is 0.936. The molecule has 2 N–H and O–H groups in total. The number of nitro benzene ring substituents is 1. The first-order chi connectivity index (χ1) is 10.1. The van der Waals surface area contributed by atoms with Crippen LogP contribution in [0.4, 0.5) is 5.69 Å². The second-order valence-corrected chi connectivity index (χ2v) is 5.02. The number of nitrogens with zero attached hydrogens (tertiary/aromatic N) is 1. The average molecular weight is 293 g/mol. The number of carbonyl (C=O) groups is 1. The Kier molecular flexibility index (Phi) is 5.10. The van der Waals surface area contributed by atoms with Crippen molar-refractivity contribution >= 4 is 11.6 Å². The summed E-state index contributed by atoms with van der Waals surface area (Å²) in [4.78, 5) is 21.8. The van der Waals surface area contributed by atoms with Crippen molar-refractivity contribution in [3.63, 3.8) is 0 Å². The largest absolute Gasteiger partial charge is 0.496 e. The smallest absolute Gasteiger partial charge is 0.270 e. The van der Waals surface area contributed by atoms with Crippen LogP contribution in [0.5, 0.6) is 5.75 Å². The molecule has 1 amide bonds. The Balaban J connectivity index is 1.81. The molecule has 0 saturated heterocycles. The first kappa shape index (κ1) is 15.2. The zero-order valence-corrected chi connectivity index (χ0v) is 11.9. The van der Waals surface area contributed by atoms with E-state index in [0.717, 1.165) is 12.8 Å². The van der Waals surface area contributed by atoms with E-state index in [1.54, 1.807) is 6.07 Å². The maximum atomic E-state index is 11.5. The van der Waals surface area contributed by atoms with Gasteiger partial charge in [-0.25, -0.2) is 0 Å². The van der Waals surface area contributed by atoms with Crippen molar-refractivity contribution in [1.29, 1.82) is 0 Å². The number of carbonyl (C=O) groups excluding carboxylic acids is 1. The standard InChI is InChI=1S/C14H19N3O4/c1-21-13-5-4-12(17(19)20)8-10(13)9-15-7-6-14(18)16-11-2-3-11/h4-5,8,11,15H,2-3,6-7,9H2,1H3,(H,16,18). The lowest BCUT2D eigenvalue weighted by molar-refractivity contribution is -0.384. The molecule has 1 aromatic rings. The Labute approximate surface area is 122 Å². The Morgan fingerprint density at radius 1 is 1.48 bits per heavy atom. The molecule has 114 valence electrons. The molecular weight excluding hydrogens is 274 g/mol. The van der Waals surface area contributed by atoms with Crippen molar-refractivity contribution in [2.45, 2.75) is 31.8 Å². The molecule has 0 aromatic heterocycles. The van der Waals surface area contributed by atoms with Gasteiger partial charge in [0.15, 0.2) is 0 Å². The summed E-state index contributed by atoms with van der Waals surface area (Å²) in [5.74, 6) is 0.631. The molecule has 0 aliphatic heterocycles. The zero-order valence-electron chi connectivity index (χ0n) is 11.9. The lowest BCUT2D eigenvalue weighted by atomic mass is 10.1. The fourth-order valence-corrected chi connectivity index (χ4v) is 1.97. The van der Waals surface area contributed by atoms with E-state index in [2.05, 4.69) is 10.6 Å². The number of nitrogens with one attached hydrogen (secondary N) is 2. The molecule has 0 heterocycles. The van der Waals surface area contributed by atoms with Gasteiger partial charge in [-0.15, -0.1) is 0 Å². The van der Waals surface area contributed by atoms with Gasteiger partial charge in [0.1, 0.15) is 5.75 Å². The predicted octanol–water partition coefficient (Wildman–Crippen LogP) is 1.36. The summed E-state index contributed by atoms with van der Waals surface area (Å²) in [5, 5.41) is 16.8. The minimum absolute atomic E-state index is 0.0269. The van der Waals surface area contributed by atoms with E-state index in [4.69, 9.17) is 4.74 Å². The van der Waals surface area contributed by atoms with Crippen LogP contribution in [0.1, 0.15) is 24.8 Å². The number of benzene rings is 1. The maximum absolute atomic E-state index is 11.5. The molecule has 2 rings (SSSR count). The van der Waals surface area contributed by atoms with Crippen molar-refractivity contribution in [2.75, 3.05) is 13.7 Å². The first-order valence-corrected chi connectivity index (χ1v) is 6.91. The molecule has 1 saturated carbocycles. The van der Waals surface area contributed by atoms with Crippen molar-refractivity contribution in [2.24, 2.45) is 0 Å². The Hall–Kier alpha value is -2.15. The van der Waals surface area contributed by atoms with E-state index in [1.807, 2.05) is 0 Å². The highest BCUT2D eigenvalue weighted by atomic mass is 16.6. The molecule has 0 bridgehead atoms. The summed E-state index contributed by atoms with van der Waals surface area (Å²) in [6, 6.07) is 4.84. The number of nitro groups is 1. The predicted molar refractivity (Wildman–Crippen MR) is 77.1 cm³/mol. The van der Waals surface area contributed by atoms with E-state index in [9.17, 15) is 14.9 Å². The van der Waals surface area contributed by atoms with Crippen LogP contribution < -0.4 is 15.4 Å². The van der Waals surface area contributed by atoms with Crippen LogP contribution >= 0.6 is 0 Å². The zero-order chi connectivity index (χ0) is 15.2. The van der Waals surface area contributed by atoms with Gasteiger partial charge in [0.05, 0.1) is 12.0 Å². The summed E-state index contributed by atoms with van der Waals surface area (Å²) in [5.41, 5.74) is 0.730. The lowest BCUT2D eigenvalue weighted by Crippen LogP contribution is -2.29. The second-order valence-electron chi connectivity index (χ2n) is 5.02. The Morgan fingerprint density at radius 3 is 2.86 bits per heavy atom. The maximum Gasteiger partial charge on any atom is 0.270 e. The highest BCUT2D eigenvalue weighted by Gasteiger charge is 2.22. The molecule has 1 aliphatic carbocycles. The third kappa shape index (κ3) is 4.71. The number of non-ortho nitro benzene ring substituents is 1. The molecule has 7 nitrogen and oxygen atoms in total.